The fraction of sp³-hybridized carbons (Fsp3) is 0.303. The van der Waals surface area contributed by atoms with Gasteiger partial charge in [-0.2, -0.15) is 0 Å². The van der Waals surface area contributed by atoms with Gasteiger partial charge < -0.3 is 23.7 Å². The maximum Gasteiger partial charge on any atom is 0.312 e. The van der Waals surface area contributed by atoms with Crippen molar-refractivity contribution in [1.82, 2.24) is 0 Å². The third-order valence-corrected chi connectivity index (χ3v) is 5.93. The Morgan fingerprint density at radius 3 is 1.37 bits per heavy atom. The second-order valence-electron chi connectivity index (χ2n) is 9.40. The molecule has 10 nitrogen and oxygen atoms in total. The van der Waals surface area contributed by atoms with E-state index in [9.17, 15) is 24.0 Å². The van der Waals surface area contributed by atoms with Gasteiger partial charge in [0.1, 0.15) is 17.2 Å². The zero-order valence-corrected chi connectivity index (χ0v) is 23.7. The van der Waals surface area contributed by atoms with E-state index in [1.807, 2.05) is 0 Å². The lowest BCUT2D eigenvalue weighted by atomic mass is 9.99. The van der Waals surface area contributed by atoms with Gasteiger partial charge >= 0.3 is 29.8 Å². The molecule has 0 fully saturated rings. The summed E-state index contributed by atoms with van der Waals surface area (Å²) in [5, 5.41) is 0. The predicted molar refractivity (Wildman–Crippen MR) is 154 cm³/mol. The summed E-state index contributed by atoms with van der Waals surface area (Å²) in [4.78, 5) is 61.6. The molecule has 0 aliphatic rings. The van der Waals surface area contributed by atoms with Crippen LogP contribution in [0.2, 0.25) is 0 Å². The number of benzene rings is 3. The van der Waals surface area contributed by atoms with Crippen molar-refractivity contribution in [2.75, 3.05) is 13.2 Å². The van der Waals surface area contributed by atoms with Crippen LogP contribution in [0.4, 0.5) is 0 Å². The predicted octanol–water partition coefficient (Wildman–Crippen LogP) is 5.24. The molecule has 0 bridgehead atoms. The molecule has 43 heavy (non-hydrogen) atoms. The van der Waals surface area contributed by atoms with Crippen LogP contribution in [0.1, 0.15) is 44.9 Å². The fourth-order valence-corrected chi connectivity index (χ4v) is 3.78. The summed E-state index contributed by atoms with van der Waals surface area (Å²) in [6.07, 6.45) is 0.0635. The van der Waals surface area contributed by atoms with E-state index < -0.39 is 35.8 Å². The van der Waals surface area contributed by atoms with Gasteiger partial charge in [-0.15, -0.1) is 0 Å². The van der Waals surface area contributed by atoms with Gasteiger partial charge in [-0.25, -0.2) is 0 Å². The molecule has 0 N–H and O–H groups in total. The Balaban J connectivity index is 1.41. The van der Waals surface area contributed by atoms with Crippen molar-refractivity contribution in [3.05, 3.63) is 91.0 Å². The van der Waals surface area contributed by atoms with Crippen molar-refractivity contribution < 1.29 is 47.7 Å². The molecule has 0 amide bonds. The number of rotatable bonds is 17. The Labute approximate surface area is 249 Å². The van der Waals surface area contributed by atoms with E-state index in [2.05, 4.69) is 0 Å². The fourth-order valence-electron chi connectivity index (χ4n) is 3.78. The van der Waals surface area contributed by atoms with E-state index in [0.717, 1.165) is 0 Å². The maximum absolute atomic E-state index is 12.8. The smallest absolute Gasteiger partial charge is 0.312 e. The molecule has 0 aromatic heterocycles. The van der Waals surface area contributed by atoms with E-state index in [0.29, 0.717) is 17.2 Å². The molecule has 10 heteroatoms. The molecule has 3 aromatic carbocycles. The molecule has 0 aliphatic heterocycles. The third kappa shape index (κ3) is 13.5. The number of carbonyl (C=O) groups is 5. The molecule has 0 heterocycles. The highest BCUT2D eigenvalue weighted by Gasteiger charge is 2.26. The van der Waals surface area contributed by atoms with Gasteiger partial charge in [0.25, 0.3) is 0 Å². The van der Waals surface area contributed by atoms with E-state index in [1.54, 1.807) is 91.0 Å². The Kier molecular flexibility index (Phi) is 14.0. The molecule has 0 spiro atoms. The van der Waals surface area contributed by atoms with Crippen LogP contribution < -0.4 is 14.2 Å². The SMILES string of the molecule is O=C(CCC(CC(=O)Oc1ccccc1)C(=O)OCCCC(=O)Oc1ccccc1)OCCCC(=O)Oc1ccccc1. The Morgan fingerprint density at radius 2 is 0.907 bits per heavy atom. The third-order valence-electron chi connectivity index (χ3n) is 5.93. The summed E-state index contributed by atoms with van der Waals surface area (Å²) < 4.78 is 26.2. The van der Waals surface area contributed by atoms with E-state index in [-0.39, 0.29) is 58.2 Å². The van der Waals surface area contributed by atoms with Crippen LogP contribution in [0.3, 0.4) is 0 Å². The van der Waals surface area contributed by atoms with Crippen LogP contribution >= 0.6 is 0 Å². The maximum atomic E-state index is 12.8. The molecule has 0 saturated heterocycles. The minimum absolute atomic E-state index is 0.00698. The first-order valence-corrected chi connectivity index (χ1v) is 14.0. The topological polar surface area (TPSA) is 132 Å². The summed E-state index contributed by atoms with van der Waals surface area (Å²) in [5.41, 5.74) is 0. The first kappa shape index (κ1) is 32.5. The summed E-state index contributed by atoms with van der Waals surface area (Å²) in [5.74, 6) is -2.67. The molecule has 1 unspecified atom stereocenters. The van der Waals surface area contributed by atoms with Gasteiger partial charge in [-0.1, -0.05) is 54.6 Å². The summed E-state index contributed by atoms with van der Waals surface area (Å²) >= 11 is 0. The average Bonchev–Trinajstić information content (AvgIpc) is 3.01. The van der Waals surface area contributed by atoms with Crippen molar-refractivity contribution in [1.29, 1.82) is 0 Å². The molecule has 0 saturated carbocycles. The molecule has 3 aromatic rings. The van der Waals surface area contributed by atoms with Crippen molar-refractivity contribution in [3.8, 4) is 17.2 Å². The van der Waals surface area contributed by atoms with Crippen LogP contribution in [-0.2, 0) is 33.4 Å². The van der Waals surface area contributed by atoms with Crippen molar-refractivity contribution in [2.24, 2.45) is 5.92 Å². The first-order valence-electron chi connectivity index (χ1n) is 14.0. The van der Waals surface area contributed by atoms with Gasteiger partial charge in [-0.05, 0) is 55.7 Å². The molecule has 0 aliphatic carbocycles. The molecule has 226 valence electrons. The lowest BCUT2D eigenvalue weighted by Crippen LogP contribution is -2.25. The van der Waals surface area contributed by atoms with Gasteiger partial charge in [0.05, 0.1) is 25.6 Å². The highest BCUT2D eigenvalue weighted by Crippen LogP contribution is 2.18. The van der Waals surface area contributed by atoms with Crippen LogP contribution in [0.25, 0.3) is 0 Å². The first-order chi connectivity index (χ1) is 20.9. The lowest BCUT2D eigenvalue weighted by Gasteiger charge is -2.15. The van der Waals surface area contributed by atoms with E-state index >= 15 is 0 Å². The largest absolute Gasteiger partial charge is 0.466 e. The number of hydrogen-bond acceptors (Lipinski definition) is 10. The van der Waals surface area contributed by atoms with Crippen molar-refractivity contribution in [2.45, 2.75) is 44.9 Å². The second kappa shape index (κ2) is 18.4. The number of carbonyl (C=O) groups excluding carboxylic acids is 5. The van der Waals surface area contributed by atoms with Crippen molar-refractivity contribution in [3.63, 3.8) is 0 Å². The Morgan fingerprint density at radius 1 is 0.488 bits per heavy atom. The zero-order valence-electron chi connectivity index (χ0n) is 23.7. The van der Waals surface area contributed by atoms with Gasteiger partial charge in [0.2, 0.25) is 0 Å². The van der Waals surface area contributed by atoms with Crippen LogP contribution in [0.15, 0.2) is 91.0 Å². The zero-order chi connectivity index (χ0) is 30.7. The minimum atomic E-state index is -0.971. The van der Waals surface area contributed by atoms with Gasteiger partial charge in [-0.3, -0.25) is 24.0 Å². The summed E-state index contributed by atoms with van der Waals surface area (Å²) in [6.45, 7) is -0.0799. The molecular weight excluding hydrogens is 556 g/mol. The van der Waals surface area contributed by atoms with Gasteiger partial charge in [0.15, 0.2) is 0 Å². The number of para-hydroxylation sites is 3. The summed E-state index contributed by atoms with van der Waals surface area (Å²) in [7, 11) is 0. The number of esters is 5. The van der Waals surface area contributed by atoms with E-state index in [1.165, 1.54) is 0 Å². The minimum Gasteiger partial charge on any atom is -0.466 e. The quantitative estimate of drug-likeness (QED) is 0.117. The molecule has 0 radical (unpaired) electrons. The number of ether oxygens (including phenoxy) is 5. The van der Waals surface area contributed by atoms with Crippen LogP contribution in [-0.4, -0.2) is 43.1 Å². The highest BCUT2D eigenvalue weighted by molar-refractivity contribution is 5.82. The molecular formula is C33H34O10. The lowest BCUT2D eigenvalue weighted by molar-refractivity contribution is -0.154. The van der Waals surface area contributed by atoms with E-state index in [4.69, 9.17) is 23.7 Å². The van der Waals surface area contributed by atoms with Gasteiger partial charge in [0, 0.05) is 19.3 Å². The molecule has 1 atom stereocenters. The average molecular weight is 591 g/mol. The van der Waals surface area contributed by atoms with Crippen LogP contribution in [0, 0.1) is 5.92 Å². The normalized spacial score (nSPS) is 11.1. The van der Waals surface area contributed by atoms with Crippen molar-refractivity contribution >= 4 is 29.8 Å². The Bertz CT molecular complexity index is 1310. The molecule has 3 rings (SSSR count). The monoisotopic (exact) mass is 590 g/mol. The number of hydrogen-bond donors (Lipinski definition) is 0. The highest BCUT2D eigenvalue weighted by atomic mass is 16.6. The summed E-state index contributed by atoms with van der Waals surface area (Å²) in [6, 6.07) is 25.6. The standard InChI is InChI=1S/C33H34O10/c34-29(39-22-10-18-30(35)41-26-12-4-1-5-13-26)21-20-25(24-32(37)43-28-16-8-3-9-17-28)33(38)40-23-11-19-31(36)42-27-14-6-2-7-15-27/h1-9,12-17,25H,10-11,18-24H2. The van der Waals surface area contributed by atoms with Crippen LogP contribution in [0.5, 0.6) is 17.2 Å². The Hall–Kier alpha value is -4.99. The second-order valence-corrected chi connectivity index (χ2v) is 9.40.